The van der Waals surface area contributed by atoms with E-state index < -0.39 is 0 Å². The Morgan fingerprint density at radius 2 is 2.00 bits per heavy atom. The van der Waals surface area contributed by atoms with Crippen LogP contribution in [0.1, 0.15) is 45.4 Å². The second-order valence-corrected chi connectivity index (χ2v) is 5.98. The van der Waals surface area contributed by atoms with Gasteiger partial charge >= 0.3 is 0 Å². The third kappa shape index (κ3) is 15.5. The lowest BCUT2D eigenvalue weighted by atomic mass is 10.0. The number of amides is 1. The molecule has 22 heavy (non-hydrogen) atoms. The Kier molecular flexibility index (Phi) is 14.4. The number of rotatable bonds is 9. The van der Waals surface area contributed by atoms with Crippen molar-refractivity contribution >= 4 is 40.7 Å². The highest BCUT2D eigenvalue weighted by atomic mass is 35.5. The van der Waals surface area contributed by atoms with E-state index in [0.717, 1.165) is 38.5 Å². The van der Waals surface area contributed by atoms with Crippen LogP contribution in [0.25, 0.3) is 0 Å². The first kappa shape index (κ1) is 21.1. The van der Waals surface area contributed by atoms with E-state index in [-0.39, 0.29) is 16.4 Å². The molecule has 0 aliphatic heterocycles. The molecular formula is C17H22Cl3NO. The fraction of sp³-hybridized carbons (Fsp3) is 0.471. The van der Waals surface area contributed by atoms with E-state index in [2.05, 4.69) is 17.2 Å². The van der Waals surface area contributed by atoms with Crippen molar-refractivity contribution in [2.45, 2.75) is 51.5 Å². The van der Waals surface area contributed by atoms with Crippen LogP contribution in [0.5, 0.6) is 0 Å². The van der Waals surface area contributed by atoms with Crippen molar-refractivity contribution in [2.75, 3.05) is 0 Å². The molecule has 1 amide bonds. The molecule has 0 aliphatic carbocycles. The summed E-state index contributed by atoms with van der Waals surface area (Å²) in [4.78, 5) is 11.2. The van der Waals surface area contributed by atoms with Crippen molar-refractivity contribution < 1.29 is 4.79 Å². The number of hydrogen-bond acceptors (Lipinski definition) is 1. The van der Waals surface area contributed by atoms with E-state index in [1.165, 1.54) is 5.54 Å². The summed E-state index contributed by atoms with van der Waals surface area (Å²) in [5, 5.41) is 2.99. The van der Waals surface area contributed by atoms with Gasteiger partial charge in [0.25, 0.3) is 0 Å². The van der Waals surface area contributed by atoms with Crippen LogP contribution in [0.4, 0.5) is 0 Å². The normalized spacial score (nSPS) is 12.0. The predicted octanol–water partition coefficient (Wildman–Crippen LogP) is 5.46. The molecule has 0 aromatic rings. The zero-order valence-electron chi connectivity index (χ0n) is 12.7. The average Bonchev–Trinajstić information content (AvgIpc) is 2.45. The number of allylic oxidation sites excluding steroid dienone is 4. The summed E-state index contributed by atoms with van der Waals surface area (Å²) in [6.07, 6.45) is 12.6. The maximum atomic E-state index is 11.2. The van der Waals surface area contributed by atoms with Crippen LogP contribution in [-0.4, -0.2) is 11.9 Å². The van der Waals surface area contributed by atoms with Crippen molar-refractivity contribution in [2.24, 2.45) is 0 Å². The third-order valence-electron chi connectivity index (χ3n) is 2.79. The van der Waals surface area contributed by atoms with Gasteiger partial charge in [-0.25, -0.2) is 0 Å². The molecule has 1 atom stereocenters. The first-order valence-corrected chi connectivity index (χ1v) is 8.44. The zero-order chi connectivity index (χ0) is 16.6. The summed E-state index contributed by atoms with van der Waals surface area (Å²) in [5.41, 5.74) is 1.40. The maximum absolute atomic E-state index is 11.2. The molecule has 0 saturated heterocycles. The number of hydrogen-bond donors (Lipinski definition) is 1. The summed E-state index contributed by atoms with van der Waals surface area (Å²) in [5.74, 6) is 5.86. The minimum Gasteiger partial charge on any atom is -0.354 e. The molecule has 0 aromatic carbocycles. The van der Waals surface area contributed by atoms with Crippen LogP contribution in [0.15, 0.2) is 34.3 Å². The smallest absolute Gasteiger partial charge is 0.217 e. The van der Waals surface area contributed by atoms with Crippen molar-refractivity contribution in [1.29, 1.82) is 0 Å². The lowest BCUT2D eigenvalue weighted by Gasteiger charge is -2.16. The monoisotopic (exact) mass is 361 g/mol. The van der Waals surface area contributed by atoms with Crippen LogP contribution in [0, 0.1) is 11.8 Å². The first-order valence-electron chi connectivity index (χ1n) is 7.24. The quantitative estimate of drug-likeness (QED) is 0.329. The number of carbonyl (C=O) groups excluding carboxylic acids is 1. The van der Waals surface area contributed by atoms with Gasteiger partial charge < -0.3 is 5.32 Å². The van der Waals surface area contributed by atoms with E-state index in [1.54, 1.807) is 19.1 Å². The Morgan fingerprint density at radius 1 is 1.27 bits per heavy atom. The first-order chi connectivity index (χ1) is 10.6. The second-order valence-electron chi connectivity index (χ2n) is 4.72. The van der Waals surface area contributed by atoms with Crippen LogP contribution < -0.4 is 5.32 Å². The van der Waals surface area contributed by atoms with Gasteiger partial charge in [-0.3, -0.25) is 4.79 Å². The molecule has 122 valence electrons. The van der Waals surface area contributed by atoms with Gasteiger partial charge in [-0.15, -0.1) is 0 Å². The van der Waals surface area contributed by atoms with Gasteiger partial charge in [0.2, 0.25) is 5.91 Å². The topological polar surface area (TPSA) is 29.1 Å². The van der Waals surface area contributed by atoms with Gasteiger partial charge in [0.05, 0.1) is 0 Å². The molecule has 0 spiro atoms. The predicted molar refractivity (Wildman–Crippen MR) is 97.0 cm³/mol. The van der Waals surface area contributed by atoms with Crippen LogP contribution >= 0.6 is 34.8 Å². The Hall–Kier alpha value is -0.880. The van der Waals surface area contributed by atoms with E-state index in [1.807, 2.05) is 12.2 Å². The van der Waals surface area contributed by atoms with Gasteiger partial charge in [-0.1, -0.05) is 58.8 Å². The Morgan fingerprint density at radius 3 is 2.64 bits per heavy atom. The summed E-state index contributed by atoms with van der Waals surface area (Å²) < 4.78 is 0.248. The summed E-state index contributed by atoms with van der Waals surface area (Å²) in [7, 11) is 0. The molecule has 0 aromatic heterocycles. The Balaban J connectivity index is 4.03. The molecule has 0 bridgehead atoms. The Labute approximate surface area is 148 Å². The highest BCUT2D eigenvalue weighted by Gasteiger charge is 2.08. The van der Waals surface area contributed by atoms with Gasteiger partial charge in [0, 0.05) is 24.9 Å². The fourth-order valence-electron chi connectivity index (χ4n) is 1.89. The zero-order valence-corrected chi connectivity index (χ0v) is 15.0. The maximum Gasteiger partial charge on any atom is 0.217 e. The summed E-state index contributed by atoms with van der Waals surface area (Å²) in [6.45, 7) is 1.55. The van der Waals surface area contributed by atoms with Crippen molar-refractivity contribution in [1.82, 2.24) is 5.32 Å². The number of nitrogens with one attached hydrogen (secondary N) is 1. The molecule has 0 aliphatic rings. The number of unbranched alkanes of at least 4 members (excludes halogenated alkanes) is 2. The van der Waals surface area contributed by atoms with Gasteiger partial charge in [0.15, 0.2) is 0 Å². The molecule has 0 radical (unpaired) electrons. The van der Waals surface area contributed by atoms with E-state index in [4.69, 9.17) is 34.8 Å². The van der Waals surface area contributed by atoms with Gasteiger partial charge in [0.1, 0.15) is 4.49 Å². The van der Waals surface area contributed by atoms with Crippen LogP contribution in [0.3, 0.4) is 0 Å². The van der Waals surface area contributed by atoms with E-state index in [9.17, 15) is 4.79 Å². The number of halogens is 3. The SMILES string of the molecule is CC(=O)N[C@@H](CCCC#C/C=C\Cl)CCC/C=C\C=C(Cl)Cl. The molecule has 2 nitrogen and oxygen atoms in total. The lowest BCUT2D eigenvalue weighted by molar-refractivity contribution is -0.119. The van der Waals surface area contributed by atoms with Crippen LogP contribution in [-0.2, 0) is 4.79 Å². The van der Waals surface area contributed by atoms with Crippen molar-refractivity contribution in [3.8, 4) is 11.8 Å². The van der Waals surface area contributed by atoms with Crippen molar-refractivity contribution in [3.05, 3.63) is 34.3 Å². The van der Waals surface area contributed by atoms with Gasteiger partial charge in [-0.2, -0.15) is 0 Å². The van der Waals surface area contributed by atoms with Crippen LogP contribution in [0.2, 0.25) is 0 Å². The molecule has 0 fully saturated rings. The summed E-state index contributed by atoms with van der Waals surface area (Å²) in [6, 6.07) is 0.198. The molecular weight excluding hydrogens is 341 g/mol. The molecule has 0 saturated carbocycles. The second kappa shape index (κ2) is 15.0. The lowest BCUT2D eigenvalue weighted by Crippen LogP contribution is -2.32. The molecule has 0 unspecified atom stereocenters. The fourth-order valence-corrected chi connectivity index (χ4v) is 2.10. The third-order valence-corrected chi connectivity index (χ3v) is 3.17. The molecule has 0 heterocycles. The van der Waals surface area contributed by atoms with E-state index in [0.29, 0.717) is 0 Å². The van der Waals surface area contributed by atoms with Gasteiger partial charge in [-0.05, 0) is 44.3 Å². The summed E-state index contributed by atoms with van der Waals surface area (Å²) >= 11 is 16.4. The van der Waals surface area contributed by atoms with E-state index >= 15 is 0 Å². The minimum absolute atomic E-state index is 0.00792. The molecule has 0 rings (SSSR count). The average molecular weight is 363 g/mol. The molecule has 5 heteroatoms. The molecule has 1 N–H and O–H groups in total. The highest BCUT2D eigenvalue weighted by Crippen LogP contribution is 2.10. The minimum atomic E-state index is 0.00792. The van der Waals surface area contributed by atoms with Crippen molar-refractivity contribution in [3.63, 3.8) is 0 Å². The highest BCUT2D eigenvalue weighted by molar-refractivity contribution is 6.55. The Bertz CT molecular complexity index is 454. The standard InChI is InChI=1S/C17H22Cl3NO/c1-15(22)21-16(11-7-3-2-6-10-14-18)12-8-4-5-9-13-17(19)20/h5,9-10,13-14,16H,3-4,7-8,11-12H2,1H3,(H,21,22)/b9-5-,14-10-/t16-/m0/s1. The number of carbonyl (C=O) groups is 1. The largest absolute Gasteiger partial charge is 0.354 e.